The zero-order valence-electron chi connectivity index (χ0n) is 12.0. The van der Waals surface area contributed by atoms with Gasteiger partial charge in [0.2, 0.25) is 5.91 Å². The maximum Gasteiger partial charge on any atom is 0.259 e. The van der Waals surface area contributed by atoms with Crippen LogP contribution in [-0.2, 0) is 16.1 Å². The van der Waals surface area contributed by atoms with Crippen LogP contribution in [0.15, 0.2) is 4.79 Å². The monoisotopic (exact) mass is 310 g/mol. The molecule has 0 aliphatic rings. The van der Waals surface area contributed by atoms with Crippen molar-refractivity contribution in [1.29, 1.82) is 0 Å². The average molecular weight is 310 g/mol. The van der Waals surface area contributed by atoms with Crippen molar-refractivity contribution in [2.45, 2.75) is 20.4 Å². The fraction of sp³-hybridized carbons (Fsp3) is 0.462. The molecule has 2 rings (SSSR count). The summed E-state index contributed by atoms with van der Waals surface area (Å²) < 4.78 is 5.02. The van der Waals surface area contributed by atoms with Gasteiger partial charge in [-0.05, 0) is 19.4 Å². The van der Waals surface area contributed by atoms with E-state index < -0.39 is 5.91 Å². The lowest BCUT2D eigenvalue weighted by molar-refractivity contribution is -0.122. The maximum atomic E-state index is 12.1. The second-order valence-corrected chi connectivity index (χ2v) is 5.87. The van der Waals surface area contributed by atoms with Crippen LogP contribution in [0.2, 0.25) is 0 Å². The molecule has 8 heteroatoms. The summed E-state index contributed by atoms with van der Waals surface area (Å²) in [4.78, 5) is 31.6. The van der Waals surface area contributed by atoms with Gasteiger partial charge in [0.05, 0.1) is 18.5 Å². The third-order valence-electron chi connectivity index (χ3n) is 3.05. The quantitative estimate of drug-likeness (QED) is 0.633. The number of nitrogens with zero attached hydrogens (tertiary/aromatic N) is 1. The van der Waals surface area contributed by atoms with Crippen LogP contribution in [0.5, 0.6) is 0 Å². The molecule has 0 saturated carbocycles. The number of carbonyl (C=O) groups is 1. The molecule has 0 atom stereocenters. The first-order valence-electron chi connectivity index (χ1n) is 6.54. The highest BCUT2D eigenvalue weighted by Crippen LogP contribution is 2.25. The largest absolute Gasteiger partial charge is 0.370 e. The first-order chi connectivity index (χ1) is 9.99. The van der Waals surface area contributed by atoms with Gasteiger partial charge in [0.25, 0.3) is 5.56 Å². The molecule has 0 spiro atoms. The number of primary amides is 1. The zero-order chi connectivity index (χ0) is 15.4. The maximum absolute atomic E-state index is 12.1. The van der Waals surface area contributed by atoms with Crippen LogP contribution >= 0.6 is 11.3 Å². The number of aromatic nitrogens is 2. The number of nitrogens with two attached hydrogens (primary N) is 1. The van der Waals surface area contributed by atoms with Crippen molar-refractivity contribution in [2.75, 3.05) is 19.8 Å². The minimum Gasteiger partial charge on any atom is -0.370 e. The Morgan fingerprint density at radius 2 is 2.24 bits per heavy atom. The van der Waals surface area contributed by atoms with Crippen LogP contribution in [-0.4, -0.2) is 35.6 Å². The van der Waals surface area contributed by atoms with Crippen LogP contribution < -0.4 is 16.6 Å². The van der Waals surface area contributed by atoms with Gasteiger partial charge in [-0.3, -0.25) is 9.59 Å². The number of carbonyl (C=O) groups excluding carboxylic acids is 1. The lowest BCUT2D eigenvalue weighted by Crippen LogP contribution is -2.25. The molecule has 0 radical (unpaired) electrons. The van der Waals surface area contributed by atoms with Gasteiger partial charge in [0.1, 0.15) is 17.3 Å². The molecule has 4 N–H and O–H groups in total. The summed E-state index contributed by atoms with van der Waals surface area (Å²) in [6.45, 7) is 5.16. The van der Waals surface area contributed by atoms with E-state index in [-0.39, 0.29) is 12.2 Å². The number of fused-ring (bicyclic) bond motifs is 1. The van der Waals surface area contributed by atoms with Gasteiger partial charge < -0.3 is 20.8 Å². The third kappa shape index (κ3) is 3.87. The Balaban J connectivity index is 1.94. The van der Waals surface area contributed by atoms with E-state index >= 15 is 0 Å². The molecule has 7 nitrogen and oxygen atoms in total. The normalized spacial score (nSPS) is 11.1. The van der Waals surface area contributed by atoms with E-state index in [1.54, 1.807) is 0 Å². The molecule has 2 aromatic rings. The minimum absolute atomic E-state index is 0.0868. The second-order valence-electron chi connectivity index (χ2n) is 4.67. The van der Waals surface area contributed by atoms with E-state index in [9.17, 15) is 9.59 Å². The molecule has 1 amide bonds. The topological polar surface area (TPSA) is 110 Å². The standard InChI is InChI=1S/C13H18N4O3S/c1-7-8(2)21-13-11(7)12(19)16-10(17-13)5-15-3-4-20-6-9(14)18/h15H,3-6H2,1-2H3,(H2,14,18)(H,16,17,19). The highest BCUT2D eigenvalue weighted by Gasteiger charge is 2.11. The average Bonchev–Trinajstić information content (AvgIpc) is 2.69. The van der Waals surface area contributed by atoms with E-state index in [1.165, 1.54) is 11.3 Å². The number of H-pyrrole nitrogens is 1. The molecule has 0 bridgehead atoms. The van der Waals surface area contributed by atoms with Crippen molar-refractivity contribution >= 4 is 27.5 Å². The van der Waals surface area contributed by atoms with E-state index in [0.717, 1.165) is 15.3 Å². The summed E-state index contributed by atoms with van der Waals surface area (Å²) >= 11 is 1.52. The fourth-order valence-electron chi connectivity index (χ4n) is 1.91. The van der Waals surface area contributed by atoms with Gasteiger partial charge in [0.15, 0.2) is 0 Å². The second kappa shape index (κ2) is 6.79. The Morgan fingerprint density at radius 3 is 2.95 bits per heavy atom. The van der Waals surface area contributed by atoms with Crippen LogP contribution in [0.3, 0.4) is 0 Å². The molecule has 0 fully saturated rings. The van der Waals surface area contributed by atoms with Gasteiger partial charge in [-0.2, -0.15) is 0 Å². The number of ether oxygens (including phenoxy) is 1. The number of thiophene rings is 1. The van der Waals surface area contributed by atoms with Crippen LogP contribution in [0, 0.1) is 13.8 Å². The number of aromatic amines is 1. The highest BCUT2D eigenvalue weighted by molar-refractivity contribution is 7.18. The molecule has 114 valence electrons. The lowest BCUT2D eigenvalue weighted by Gasteiger charge is -2.04. The van der Waals surface area contributed by atoms with Crippen LogP contribution in [0.25, 0.3) is 10.2 Å². The van der Waals surface area contributed by atoms with E-state index in [0.29, 0.717) is 30.9 Å². The molecule has 0 aromatic carbocycles. The summed E-state index contributed by atoms with van der Waals surface area (Å²) in [7, 11) is 0. The molecular weight excluding hydrogens is 292 g/mol. The predicted molar refractivity (Wildman–Crippen MR) is 81.4 cm³/mol. The Kier molecular flexibility index (Phi) is 5.05. The number of hydrogen-bond donors (Lipinski definition) is 3. The smallest absolute Gasteiger partial charge is 0.259 e. The number of aryl methyl sites for hydroxylation is 2. The van der Waals surface area contributed by atoms with E-state index in [1.807, 2.05) is 13.8 Å². The summed E-state index contributed by atoms with van der Waals surface area (Å²) in [5.74, 6) is 0.0959. The minimum atomic E-state index is -0.491. The number of hydrogen-bond acceptors (Lipinski definition) is 6. The van der Waals surface area contributed by atoms with Gasteiger partial charge in [-0.15, -0.1) is 11.3 Å². The molecule has 0 aliphatic heterocycles. The molecule has 2 aromatic heterocycles. The SMILES string of the molecule is Cc1sc2nc(CNCCOCC(N)=O)[nH]c(=O)c2c1C. The summed E-state index contributed by atoms with van der Waals surface area (Å²) in [6.07, 6.45) is 0. The van der Waals surface area contributed by atoms with E-state index in [2.05, 4.69) is 15.3 Å². The first kappa shape index (κ1) is 15.6. The lowest BCUT2D eigenvalue weighted by atomic mass is 10.2. The van der Waals surface area contributed by atoms with Crippen molar-refractivity contribution in [1.82, 2.24) is 15.3 Å². The summed E-state index contributed by atoms with van der Waals surface area (Å²) in [5, 5.41) is 3.76. The third-order valence-corrected chi connectivity index (χ3v) is 4.15. The van der Waals surface area contributed by atoms with Gasteiger partial charge >= 0.3 is 0 Å². The molecule has 0 aliphatic carbocycles. The highest BCUT2D eigenvalue weighted by atomic mass is 32.1. The van der Waals surface area contributed by atoms with Gasteiger partial charge in [0, 0.05) is 11.4 Å². The van der Waals surface area contributed by atoms with Crippen molar-refractivity contribution < 1.29 is 9.53 Å². The zero-order valence-corrected chi connectivity index (χ0v) is 12.8. The Labute approximate surface area is 125 Å². The Morgan fingerprint density at radius 1 is 1.48 bits per heavy atom. The van der Waals surface area contributed by atoms with Crippen molar-refractivity contribution in [3.63, 3.8) is 0 Å². The Hall–Kier alpha value is -1.77. The number of amides is 1. The van der Waals surface area contributed by atoms with Crippen LogP contribution in [0.1, 0.15) is 16.3 Å². The molecule has 0 unspecified atom stereocenters. The summed E-state index contributed by atoms with van der Waals surface area (Å²) in [6, 6.07) is 0. The molecule has 0 saturated heterocycles. The number of nitrogens with one attached hydrogen (secondary N) is 2. The van der Waals surface area contributed by atoms with Crippen LogP contribution in [0.4, 0.5) is 0 Å². The predicted octanol–water partition coefficient (Wildman–Crippen LogP) is 0.193. The molecule has 2 heterocycles. The molecule has 21 heavy (non-hydrogen) atoms. The van der Waals surface area contributed by atoms with Crippen molar-refractivity contribution in [2.24, 2.45) is 5.73 Å². The van der Waals surface area contributed by atoms with Gasteiger partial charge in [-0.25, -0.2) is 4.98 Å². The molecular formula is C13H18N4O3S. The number of rotatable bonds is 7. The van der Waals surface area contributed by atoms with Crippen molar-refractivity contribution in [3.8, 4) is 0 Å². The van der Waals surface area contributed by atoms with Gasteiger partial charge in [-0.1, -0.05) is 0 Å². The van der Waals surface area contributed by atoms with Crippen molar-refractivity contribution in [3.05, 3.63) is 26.6 Å². The fourth-order valence-corrected chi connectivity index (χ4v) is 2.96. The van der Waals surface area contributed by atoms with E-state index in [4.69, 9.17) is 10.5 Å². The first-order valence-corrected chi connectivity index (χ1v) is 7.36. The Bertz CT molecular complexity index is 707. The summed E-state index contributed by atoms with van der Waals surface area (Å²) in [5.41, 5.74) is 5.83.